The first kappa shape index (κ1) is 24.6. The molecule has 0 spiro atoms. The number of nitrogens with zero attached hydrogens (tertiary/aromatic N) is 4. The fourth-order valence-electron chi connectivity index (χ4n) is 4.03. The van der Waals surface area contributed by atoms with E-state index in [4.69, 9.17) is 4.74 Å². The Balaban J connectivity index is 0.00000320. The smallest absolute Gasteiger partial charge is 0.191 e. The van der Waals surface area contributed by atoms with Gasteiger partial charge in [-0.25, -0.2) is 9.97 Å². The fourth-order valence-corrected chi connectivity index (χ4v) is 4.03. The van der Waals surface area contributed by atoms with Gasteiger partial charge in [0.1, 0.15) is 11.6 Å². The van der Waals surface area contributed by atoms with E-state index in [1.54, 1.807) is 6.20 Å². The molecule has 1 aliphatic carbocycles. The van der Waals surface area contributed by atoms with Gasteiger partial charge in [-0.1, -0.05) is 18.9 Å². The van der Waals surface area contributed by atoms with Gasteiger partial charge < -0.3 is 15.4 Å². The van der Waals surface area contributed by atoms with Crippen LogP contribution in [0, 0.1) is 12.3 Å². The van der Waals surface area contributed by atoms with Crippen LogP contribution in [0.4, 0.5) is 0 Å². The summed E-state index contributed by atoms with van der Waals surface area (Å²) in [5, 5.41) is 6.95. The van der Waals surface area contributed by atoms with Gasteiger partial charge in [0.15, 0.2) is 5.96 Å². The third kappa shape index (κ3) is 6.66. The number of ether oxygens (including phenoxy) is 1. The molecule has 8 heteroatoms. The van der Waals surface area contributed by atoms with Gasteiger partial charge in [0, 0.05) is 51.9 Å². The molecule has 0 aliphatic heterocycles. The van der Waals surface area contributed by atoms with Crippen LogP contribution < -0.4 is 10.6 Å². The topological polar surface area (TPSA) is 76.4 Å². The van der Waals surface area contributed by atoms with Gasteiger partial charge in [0.25, 0.3) is 0 Å². The number of guanidine groups is 1. The van der Waals surface area contributed by atoms with Crippen molar-refractivity contribution < 1.29 is 4.74 Å². The van der Waals surface area contributed by atoms with Gasteiger partial charge >= 0.3 is 0 Å². The minimum Gasteiger partial charge on any atom is -0.382 e. The Hall–Kier alpha value is -1.68. The van der Waals surface area contributed by atoms with Crippen LogP contribution in [0.3, 0.4) is 0 Å². The first-order valence-corrected chi connectivity index (χ1v) is 10.6. The minimum absolute atomic E-state index is 0. The van der Waals surface area contributed by atoms with Crippen molar-refractivity contribution in [2.75, 3.05) is 26.8 Å². The van der Waals surface area contributed by atoms with Crippen LogP contribution in [0.2, 0.25) is 0 Å². The van der Waals surface area contributed by atoms with Crippen molar-refractivity contribution in [3.05, 3.63) is 42.1 Å². The molecule has 0 amide bonds. The quantitative estimate of drug-likeness (QED) is 0.225. The third-order valence-corrected chi connectivity index (χ3v) is 5.84. The molecule has 0 radical (unpaired) electrons. The van der Waals surface area contributed by atoms with Gasteiger partial charge in [0.05, 0.1) is 0 Å². The number of nitrogens with one attached hydrogen (secondary N) is 2. The predicted molar refractivity (Wildman–Crippen MR) is 132 cm³/mol. The Bertz CT molecular complexity index is 783. The summed E-state index contributed by atoms with van der Waals surface area (Å²) in [4.78, 5) is 13.2. The third-order valence-electron chi connectivity index (χ3n) is 5.84. The summed E-state index contributed by atoms with van der Waals surface area (Å²) in [5.74, 6) is 2.64. The number of aromatic nitrogens is 3. The largest absolute Gasteiger partial charge is 0.382 e. The number of halogens is 1. The molecule has 0 atom stereocenters. The number of hydrogen-bond acceptors (Lipinski definition) is 4. The average Bonchev–Trinajstić information content (AvgIpc) is 3.38. The lowest BCUT2D eigenvalue weighted by Gasteiger charge is -2.30. The standard InChI is InChI=1S/C22H34N6O.HI/c1-4-29-14-11-22(9-5-6-10-22)17-27-21(23-3)26-16-19-7-8-20(25-15-19)28-13-12-24-18(28)2;/h7-8,12-13,15H,4-6,9-11,14,16-17H2,1-3H3,(H2,23,26,27);1H. The molecule has 7 nitrogen and oxygen atoms in total. The first-order chi connectivity index (χ1) is 14.2. The minimum atomic E-state index is 0. The first-order valence-electron chi connectivity index (χ1n) is 10.6. The number of hydrogen-bond donors (Lipinski definition) is 2. The predicted octanol–water partition coefficient (Wildman–Crippen LogP) is 3.85. The Morgan fingerprint density at radius 2 is 2.03 bits per heavy atom. The normalized spacial score (nSPS) is 15.6. The molecule has 1 saturated carbocycles. The van der Waals surface area contributed by atoms with Crippen molar-refractivity contribution in [1.82, 2.24) is 25.2 Å². The second-order valence-electron chi connectivity index (χ2n) is 7.80. The van der Waals surface area contributed by atoms with Gasteiger partial charge in [-0.2, -0.15) is 0 Å². The van der Waals surface area contributed by atoms with Crippen LogP contribution in [0.15, 0.2) is 35.7 Å². The molecule has 0 aromatic carbocycles. The van der Waals surface area contributed by atoms with Gasteiger partial charge in [-0.05, 0) is 50.2 Å². The lowest BCUT2D eigenvalue weighted by atomic mass is 9.83. The summed E-state index contributed by atoms with van der Waals surface area (Å²) in [6.07, 6.45) is 11.9. The monoisotopic (exact) mass is 526 g/mol. The van der Waals surface area contributed by atoms with Crippen molar-refractivity contribution in [3.63, 3.8) is 0 Å². The highest BCUT2D eigenvalue weighted by molar-refractivity contribution is 14.0. The molecule has 1 fully saturated rings. The summed E-state index contributed by atoms with van der Waals surface area (Å²) in [6.45, 7) is 7.29. The van der Waals surface area contributed by atoms with E-state index in [2.05, 4.69) is 38.6 Å². The van der Waals surface area contributed by atoms with Gasteiger partial charge in [0.2, 0.25) is 0 Å². The average molecular weight is 526 g/mol. The second kappa shape index (κ2) is 12.2. The number of rotatable bonds is 9. The highest BCUT2D eigenvalue weighted by atomic mass is 127. The maximum atomic E-state index is 5.62. The van der Waals surface area contributed by atoms with E-state index in [1.165, 1.54) is 25.7 Å². The van der Waals surface area contributed by atoms with Crippen LogP contribution in [-0.4, -0.2) is 47.3 Å². The highest BCUT2D eigenvalue weighted by Gasteiger charge is 2.33. The molecule has 3 rings (SSSR count). The molecule has 166 valence electrons. The van der Waals surface area contributed by atoms with Crippen molar-refractivity contribution in [2.24, 2.45) is 10.4 Å². The van der Waals surface area contributed by atoms with E-state index in [0.717, 1.165) is 49.3 Å². The summed E-state index contributed by atoms with van der Waals surface area (Å²) in [5.41, 5.74) is 1.44. The number of pyridine rings is 1. The molecule has 0 saturated heterocycles. The van der Waals surface area contributed by atoms with Crippen molar-refractivity contribution in [1.29, 1.82) is 0 Å². The summed E-state index contributed by atoms with van der Waals surface area (Å²) < 4.78 is 7.59. The maximum absolute atomic E-state index is 5.62. The van der Waals surface area contributed by atoms with E-state index in [9.17, 15) is 0 Å². The number of aliphatic imine (C=N–C) groups is 1. The van der Waals surface area contributed by atoms with Gasteiger partial charge in [-0.15, -0.1) is 24.0 Å². The molecule has 1 aliphatic rings. The van der Waals surface area contributed by atoms with Crippen LogP contribution >= 0.6 is 24.0 Å². The van der Waals surface area contributed by atoms with Crippen molar-refractivity contribution in [3.8, 4) is 5.82 Å². The van der Waals surface area contributed by atoms with E-state index >= 15 is 0 Å². The number of aryl methyl sites for hydroxylation is 1. The van der Waals surface area contributed by atoms with E-state index < -0.39 is 0 Å². The van der Waals surface area contributed by atoms with Crippen LogP contribution in [0.5, 0.6) is 0 Å². The van der Waals surface area contributed by atoms with E-state index in [0.29, 0.717) is 12.0 Å². The lowest BCUT2D eigenvalue weighted by molar-refractivity contribution is 0.105. The van der Waals surface area contributed by atoms with Crippen molar-refractivity contribution >= 4 is 29.9 Å². The Morgan fingerprint density at radius 3 is 2.63 bits per heavy atom. The molecule has 2 N–H and O–H groups in total. The van der Waals surface area contributed by atoms with E-state index in [-0.39, 0.29) is 24.0 Å². The maximum Gasteiger partial charge on any atom is 0.191 e. The molecule has 2 aromatic heterocycles. The van der Waals surface area contributed by atoms with E-state index in [1.807, 2.05) is 37.0 Å². The zero-order valence-electron chi connectivity index (χ0n) is 18.4. The van der Waals surface area contributed by atoms with Crippen LogP contribution in [0.1, 0.15) is 50.4 Å². The zero-order valence-corrected chi connectivity index (χ0v) is 20.7. The molecule has 2 aromatic rings. The Kier molecular flexibility index (Phi) is 10.0. The molecule has 0 bridgehead atoms. The zero-order chi connectivity index (χ0) is 20.5. The lowest BCUT2D eigenvalue weighted by Crippen LogP contribution is -2.43. The summed E-state index contributed by atoms with van der Waals surface area (Å²) in [7, 11) is 1.82. The summed E-state index contributed by atoms with van der Waals surface area (Å²) >= 11 is 0. The molecule has 30 heavy (non-hydrogen) atoms. The number of imidazole rings is 1. The molecule has 2 heterocycles. The second-order valence-corrected chi connectivity index (χ2v) is 7.80. The van der Waals surface area contributed by atoms with Crippen LogP contribution in [-0.2, 0) is 11.3 Å². The SMILES string of the molecule is CCOCCC1(CNC(=NC)NCc2ccc(-n3ccnc3C)nc2)CCCC1.I. The Labute approximate surface area is 197 Å². The molecular weight excluding hydrogens is 491 g/mol. The molecular formula is C22H35IN6O. The van der Waals surface area contributed by atoms with Gasteiger partial charge in [-0.3, -0.25) is 9.56 Å². The fraction of sp³-hybridized carbons (Fsp3) is 0.591. The highest BCUT2D eigenvalue weighted by Crippen LogP contribution is 2.40. The van der Waals surface area contributed by atoms with Crippen molar-refractivity contribution in [2.45, 2.75) is 52.5 Å². The molecule has 0 unspecified atom stereocenters. The Morgan fingerprint density at radius 1 is 1.23 bits per heavy atom. The van der Waals surface area contributed by atoms with Crippen LogP contribution in [0.25, 0.3) is 5.82 Å². The summed E-state index contributed by atoms with van der Waals surface area (Å²) in [6, 6.07) is 4.10.